The first-order chi connectivity index (χ1) is 5.74. The minimum absolute atomic E-state index is 0.0190. The summed E-state index contributed by atoms with van der Waals surface area (Å²) in [5.41, 5.74) is 0.698. The molecule has 0 atom stereocenters. The first-order valence-electron chi connectivity index (χ1n) is 3.99. The zero-order valence-corrected chi connectivity index (χ0v) is 7.47. The molecular formula is C10H15NO. The van der Waals surface area contributed by atoms with Gasteiger partial charge in [-0.05, 0) is 18.6 Å². The molecule has 0 aliphatic heterocycles. The Labute approximate surface area is 73.7 Å². The number of allylic oxidation sites excluding steroid dienone is 3. The molecule has 0 saturated carbocycles. The van der Waals surface area contributed by atoms with E-state index in [0.717, 1.165) is 6.42 Å². The number of rotatable bonds is 5. The van der Waals surface area contributed by atoms with E-state index in [0.29, 0.717) is 12.1 Å². The SMILES string of the molecule is C=CC=C(C=C)NC(=O)CCC. The Morgan fingerprint density at radius 3 is 2.58 bits per heavy atom. The van der Waals surface area contributed by atoms with Crippen LogP contribution < -0.4 is 5.32 Å². The summed E-state index contributed by atoms with van der Waals surface area (Å²) >= 11 is 0. The maximum Gasteiger partial charge on any atom is 0.224 e. The molecule has 0 aromatic carbocycles. The molecule has 0 aliphatic carbocycles. The van der Waals surface area contributed by atoms with Gasteiger partial charge in [-0.2, -0.15) is 0 Å². The average molecular weight is 165 g/mol. The van der Waals surface area contributed by atoms with E-state index in [9.17, 15) is 4.79 Å². The molecule has 1 amide bonds. The van der Waals surface area contributed by atoms with Gasteiger partial charge >= 0.3 is 0 Å². The number of hydrogen-bond donors (Lipinski definition) is 1. The van der Waals surface area contributed by atoms with Crippen molar-refractivity contribution in [3.05, 3.63) is 37.1 Å². The van der Waals surface area contributed by atoms with Gasteiger partial charge in [0.25, 0.3) is 0 Å². The van der Waals surface area contributed by atoms with Crippen molar-refractivity contribution in [2.45, 2.75) is 19.8 Å². The van der Waals surface area contributed by atoms with Crippen LogP contribution in [0.25, 0.3) is 0 Å². The molecule has 0 bridgehead atoms. The second kappa shape index (κ2) is 6.40. The molecule has 0 aliphatic rings. The van der Waals surface area contributed by atoms with Gasteiger partial charge in [0, 0.05) is 12.1 Å². The molecule has 0 heterocycles. The monoisotopic (exact) mass is 165 g/mol. The van der Waals surface area contributed by atoms with Crippen LogP contribution in [0.3, 0.4) is 0 Å². The normalized spacial score (nSPS) is 10.6. The summed E-state index contributed by atoms with van der Waals surface area (Å²) in [5, 5.41) is 2.70. The highest BCUT2D eigenvalue weighted by molar-refractivity contribution is 5.78. The first kappa shape index (κ1) is 10.7. The molecule has 12 heavy (non-hydrogen) atoms. The molecular weight excluding hydrogens is 150 g/mol. The molecule has 0 fully saturated rings. The second-order valence-electron chi connectivity index (χ2n) is 2.36. The van der Waals surface area contributed by atoms with Crippen LogP contribution in [0.2, 0.25) is 0 Å². The van der Waals surface area contributed by atoms with E-state index >= 15 is 0 Å². The van der Waals surface area contributed by atoms with Crippen LogP contribution >= 0.6 is 0 Å². The van der Waals surface area contributed by atoms with Gasteiger partial charge in [0.2, 0.25) is 5.91 Å². The third-order valence-corrected chi connectivity index (χ3v) is 1.28. The highest BCUT2D eigenvalue weighted by Crippen LogP contribution is 1.93. The Morgan fingerprint density at radius 2 is 2.17 bits per heavy atom. The zero-order valence-electron chi connectivity index (χ0n) is 7.47. The Hall–Kier alpha value is -1.31. The highest BCUT2D eigenvalue weighted by atomic mass is 16.1. The Morgan fingerprint density at radius 1 is 1.50 bits per heavy atom. The third kappa shape index (κ3) is 4.50. The quantitative estimate of drug-likeness (QED) is 0.621. The van der Waals surface area contributed by atoms with Crippen LogP contribution in [0.15, 0.2) is 37.1 Å². The number of carbonyl (C=O) groups excluding carboxylic acids is 1. The summed E-state index contributed by atoms with van der Waals surface area (Å²) < 4.78 is 0. The summed E-state index contributed by atoms with van der Waals surface area (Å²) in [6.45, 7) is 9.05. The van der Waals surface area contributed by atoms with Crippen LogP contribution in [0.5, 0.6) is 0 Å². The minimum Gasteiger partial charge on any atom is -0.326 e. The summed E-state index contributed by atoms with van der Waals surface area (Å²) in [4.78, 5) is 11.1. The fourth-order valence-corrected chi connectivity index (χ4v) is 0.738. The van der Waals surface area contributed by atoms with Crippen LogP contribution in [-0.2, 0) is 4.79 Å². The van der Waals surface area contributed by atoms with Crippen LogP contribution in [0.1, 0.15) is 19.8 Å². The second-order valence-corrected chi connectivity index (χ2v) is 2.36. The lowest BCUT2D eigenvalue weighted by molar-refractivity contribution is -0.120. The molecule has 2 heteroatoms. The maximum absolute atomic E-state index is 11.1. The summed E-state index contributed by atoms with van der Waals surface area (Å²) in [6.07, 6.45) is 6.31. The zero-order chi connectivity index (χ0) is 9.40. The minimum atomic E-state index is 0.0190. The van der Waals surface area contributed by atoms with Gasteiger partial charge in [-0.15, -0.1) is 0 Å². The molecule has 0 saturated heterocycles. The van der Waals surface area contributed by atoms with E-state index < -0.39 is 0 Å². The third-order valence-electron chi connectivity index (χ3n) is 1.28. The predicted molar refractivity (Wildman–Crippen MR) is 51.5 cm³/mol. The van der Waals surface area contributed by atoms with Crippen LogP contribution in [0.4, 0.5) is 0 Å². The van der Waals surface area contributed by atoms with Crippen LogP contribution in [0, 0.1) is 0 Å². The van der Waals surface area contributed by atoms with E-state index in [2.05, 4.69) is 18.5 Å². The van der Waals surface area contributed by atoms with E-state index in [1.165, 1.54) is 0 Å². The fraction of sp³-hybridized carbons (Fsp3) is 0.300. The van der Waals surface area contributed by atoms with Crippen molar-refractivity contribution in [1.29, 1.82) is 0 Å². The lowest BCUT2D eigenvalue weighted by Crippen LogP contribution is -2.20. The summed E-state index contributed by atoms with van der Waals surface area (Å²) in [7, 11) is 0. The number of carbonyl (C=O) groups is 1. The van der Waals surface area contributed by atoms with Crippen molar-refractivity contribution in [1.82, 2.24) is 5.32 Å². The fourth-order valence-electron chi connectivity index (χ4n) is 0.738. The Balaban J connectivity index is 4.02. The molecule has 0 rings (SSSR count). The molecule has 0 spiro atoms. The Kier molecular flexibility index (Phi) is 5.70. The van der Waals surface area contributed by atoms with Gasteiger partial charge in [-0.1, -0.05) is 26.2 Å². The topological polar surface area (TPSA) is 29.1 Å². The molecule has 66 valence electrons. The molecule has 0 unspecified atom stereocenters. The Bertz CT molecular complexity index is 204. The van der Waals surface area contributed by atoms with Crippen molar-refractivity contribution < 1.29 is 4.79 Å². The van der Waals surface area contributed by atoms with Gasteiger partial charge in [-0.3, -0.25) is 4.79 Å². The molecule has 0 radical (unpaired) electrons. The lowest BCUT2D eigenvalue weighted by Gasteiger charge is -2.02. The first-order valence-corrected chi connectivity index (χ1v) is 3.99. The largest absolute Gasteiger partial charge is 0.326 e. The van der Waals surface area contributed by atoms with Gasteiger partial charge in [-0.25, -0.2) is 0 Å². The molecule has 0 aromatic heterocycles. The molecule has 1 N–H and O–H groups in total. The van der Waals surface area contributed by atoms with Crippen molar-refractivity contribution in [3.8, 4) is 0 Å². The number of amides is 1. The summed E-state index contributed by atoms with van der Waals surface area (Å²) in [6, 6.07) is 0. The van der Waals surface area contributed by atoms with Crippen molar-refractivity contribution in [2.24, 2.45) is 0 Å². The van der Waals surface area contributed by atoms with E-state index in [1.54, 1.807) is 18.2 Å². The van der Waals surface area contributed by atoms with Crippen molar-refractivity contribution in [2.75, 3.05) is 0 Å². The molecule has 2 nitrogen and oxygen atoms in total. The average Bonchev–Trinajstić information content (AvgIpc) is 2.04. The maximum atomic E-state index is 11.1. The summed E-state index contributed by atoms with van der Waals surface area (Å²) in [5.74, 6) is 0.0190. The predicted octanol–water partition coefficient (Wildman–Crippen LogP) is 2.16. The smallest absolute Gasteiger partial charge is 0.224 e. The van der Waals surface area contributed by atoms with Crippen molar-refractivity contribution in [3.63, 3.8) is 0 Å². The van der Waals surface area contributed by atoms with Gasteiger partial charge < -0.3 is 5.32 Å². The van der Waals surface area contributed by atoms with E-state index in [4.69, 9.17) is 0 Å². The highest BCUT2D eigenvalue weighted by Gasteiger charge is 1.98. The van der Waals surface area contributed by atoms with E-state index in [1.807, 2.05) is 6.92 Å². The van der Waals surface area contributed by atoms with Gasteiger partial charge in [0.1, 0.15) is 0 Å². The number of nitrogens with one attached hydrogen (secondary N) is 1. The lowest BCUT2D eigenvalue weighted by atomic mass is 10.3. The van der Waals surface area contributed by atoms with Gasteiger partial charge in [0.15, 0.2) is 0 Å². The standard InChI is InChI=1S/C10H15NO/c1-4-7-9(6-3)11-10(12)8-5-2/h4,6-7H,1,3,5,8H2,2H3,(H,11,12). The number of hydrogen-bond acceptors (Lipinski definition) is 1. The van der Waals surface area contributed by atoms with E-state index in [-0.39, 0.29) is 5.91 Å². The van der Waals surface area contributed by atoms with Gasteiger partial charge in [0.05, 0.1) is 0 Å². The molecule has 0 aromatic rings. The van der Waals surface area contributed by atoms with Crippen molar-refractivity contribution >= 4 is 5.91 Å². The van der Waals surface area contributed by atoms with Crippen LogP contribution in [-0.4, -0.2) is 5.91 Å².